The molecule has 8 heteroatoms. The Kier molecular flexibility index (Phi) is 3.17. The number of nitrogen functional groups attached to an aromatic ring is 1. The van der Waals surface area contributed by atoms with Crippen molar-refractivity contribution in [3.8, 4) is 11.6 Å². The molecule has 0 radical (unpaired) electrons. The first-order valence-corrected chi connectivity index (χ1v) is 6.40. The van der Waals surface area contributed by atoms with E-state index >= 15 is 0 Å². The van der Waals surface area contributed by atoms with E-state index in [4.69, 9.17) is 10.6 Å². The van der Waals surface area contributed by atoms with E-state index in [9.17, 15) is 8.78 Å². The van der Waals surface area contributed by atoms with Gasteiger partial charge in [-0.3, -0.25) is 5.43 Å². The molecule has 0 aliphatic carbocycles. The molecular formula is C12H8F2N4OS. The Morgan fingerprint density at radius 3 is 2.80 bits per heavy atom. The van der Waals surface area contributed by atoms with Crippen LogP contribution in [0.1, 0.15) is 0 Å². The van der Waals surface area contributed by atoms with E-state index in [0.717, 1.165) is 12.1 Å². The SMILES string of the molecule is NNc1nc(Oc2ccc(F)cc2F)c2ccsc2n1. The monoisotopic (exact) mass is 294 g/mol. The first kappa shape index (κ1) is 12.7. The van der Waals surface area contributed by atoms with Crippen molar-refractivity contribution in [1.29, 1.82) is 0 Å². The number of rotatable bonds is 3. The zero-order chi connectivity index (χ0) is 14.1. The predicted molar refractivity (Wildman–Crippen MR) is 71.7 cm³/mol. The molecule has 5 nitrogen and oxygen atoms in total. The van der Waals surface area contributed by atoms with Gasteiger partial charge in [-0.1, -0.05) is 0 Å². The minimum Gasteiger partial charge on any atom is -0.435 e. The fraction of sp³-hybridized carbons (Fsp3) is 0. The Hall–Kier alpha value is -2.32. The molecule has 3 rings (SSSR count). The smallest absolute Gasteiger partial charge is 0.241 e. The largest absolute Gasteiger partial charge is 0.435 e. The minimum atomic E-state index is -0.811. The summed E-state index contributed by atoms with van der Waals surface area (Å²) in [7, 11) is 0. The summed E-state index contributed by atoms with van der Waals surface area (Å²) in [4.78, 5) is 8.80. The summed E-state index contributed by atoms with van der Waals surface area (Å²) in [5, 5.41) is 2.42. The molecule has 102 valence electrons. The molecule has 2 aromatic heterocycles. The second-order valence-corrected chi connectivity index (χ2v) is 4.71. The lowest BCUT2D eigenvalue weighted by Crippen LogP contribution is -2.10. The highest BCUT2D eigenvalue weighted by Gasteiger charge is 2.13. The van der Waals surface area contributed by atoms with Gasteiger partial charge < -0.3 is 4.74 Å². The van der Waals surface area contributed by atoms with Crippen LogP contribution in [0.4, 0.5) is 14.7 Å². The van der Waals surface area contributed by atoms with Crippen LogP contribution in [0.5, 0.6) is 11.6 Å². The van der Waals surface area contributed by atoms with Crippen LogP contribution in [-0.2, 0) is 0 Å². The Morgan fingerprint density at radius 2 is 2.05 bits per heavy atom. The molecule has 1 aromatic carbocycles. The van der Waals surface area contributed by atoms with Gasteiger partial charge in [-0.25, -0.2) is 19.6 Å². The van der Waals surface area contributed by atoms with Crippen LogP contribution in [0.2, 0.25) is 0 Å². The highest BCUT2D eigenvalue weighted by Crippen LogP contribution is 2.32. The van der Waals surface area contributed by atoms with Gasteiger partial charge in [0.15, 0.2) is 11.6 Å². The molecule has 0 spiro atoms. The van der Waals surface area contributed by atoms with Gasteiger partial charge in [0.05, 0.1) is 5.39 Å². The van der Waals surface area contributed by atoms with Crippen molar-refractivity contribution in [3.63, 3.8) is 0 Å². The van der Waals surface area contributed by atoms with Crippen LogP contribution in [-0.4, -0.2) is 9.97 Å². The third kappa shape index (κ3) is 2.26. The maximum absolute atomic E-state index is 13.6. The van der Waals surface area contributed by atoms with Gasteiger partial charge in [-0.15, -0.1) is 11.3 Å². The lowest BCUT2D eigenvalue weighted by molar-refractivity contribution is 0.428. The van der Waals surface area contributed by atoms with Crippen LogP contribution >= 0.6 is 11.3 Å². The first-order valence-electron chi connectivity index (χ1n) is 5.52. The van der Waals surface area contributed by atoms with Gasteiger partial charge in [-0.2, -0.15) is 4.98 Å². The van der Waals surface area contributed by atoms with E-state index in [2.05, 4.69) is 15.4 Å². The molecule has 0 aliphatic heterocycles. The summed E-state index contributed by atoms with van der Waals surface area (Å²) in [5.74, 6) is 3.96. The van der Waals surface area contributed by atoms with Crippen molar-refractivity contribution in [3.05, 3.63) is 41.3 Å². The van der Waals surface area contributed by atoms with E-state index in [1.54, 1.807) is 11.4 Å². The third-order valence-electron chi connectivity index (χ3n) is 2.52. The molecule has 0 fully saturated rings. The zero-order valence-electron chi connectivity index (χ0n) is 9.93. The van der Waals surface area contributed by atoms with Crippen molar-refractivity contribution < 1.29 is 13.5 Å². The number of nitrogens with zero attached hydrogens (tertiary/aromatic N) is 2. The van der Waals surface area contributed by atoms with E-state index < -0.39 is 11.6 Å². The van der Waals surface area contributed by atoms with Gasteiger partial charge in [0, 0.05) is 6.07 Å². The molecule has 0 unspecified atom stereocenters. The Labute approximate surface area is 116 Å². The summed E-state index contributed by atoms with van der Waals surface area (Å²) >= 11 is 1.37. The fourth-order valence-corrected chi connectivity index (χ4v) is 2.39. The number of hydrazine groups is 1. The zero-order valence-corrected chi connectivity index (χ0v) is 10.7. The fourth-order valence-electron chi connectivity index (χ4n) is 1.63. The molecule has 2 heterocycles. The maximum Gasteiger partial charge on any atom is 0.241 e. The second kappa shape index (κ2) is 4.99. The highest BCUT2D eigenvalue weighted by atomic mass is 32.1. The van der Waals surface area contributed by atoms with Gasteiger partial charge in [-0.05, 0) is 23.6 Å². The van der Waals surface area contributed by atoms with Gasteiger partial charge in [0.25, 0.3) is 0 Å². The normalized spacial score (nSPS) is 10.8. The summed E-state index contributed by atoms with van der Waals surface area (Å²) in [6, 6.07) is 4.79. The van der Waals surface area contributed by atoms with Gasteiger partial charge >= 0.3 is 0 Å². The third-order valence-corrected chi connectivity index (χ3v) is 3.33. The molecule has 20 heavy (non-hydrogen) atoms. The maximum atomic E-state index is 13.6. The quantitative estimate of drug-likeness (QED) is 0.574. The molecule has 0 saturated carbocycles. The van der Waals surface area contributed by atoms with Crippen molar-refractivity contribution >= 4 is 27.5 Å². The number of hydrogen-bond acceptors (Lipinski definition) is 6. The summed E-state index contributed by atoms with van der Waals surface area (Å²) in [6.45, 7) is 0. The average molecular weight is 294 g/mol. The molecule has 0 saturated heterocycles. The minimum absolute atomic E-state index is 0.124. The molecule has 0 amide bonds. The van der Waals surface area contributed by atoms with Crippen LogP contribution < -0.4 is 16.0 Å². The standard InChI is InChI=1S/C12H8F2N4OS/c13-6-1-2-9(8(14)5-6)19-10-7-3-4-20-11(7)17-12(16-10)18-15/h1-5H,15H2,(H,16,17,18). The lowest BCUT2D eigenvalue weighted by Gasteiger charge is -2.08. The number of nitrogens with one attached hydrogen (secondary N) is 1. The lowest BCUT2D eigenvalue weighted by atomic mass is 10.3. The number of anilines is 1. The summed E-state index contributed by atoms with van der Waals surface area (Å²) in [6.07, 6.45) is 0. The number of fused-ring (bicyclic) bond motifs is 1. The molecule has 0 atom stereocenters. The Balaban J connectivity index is 2.07. The number of hydrogen-bond donors (Lipinski definition) is 2. The molecule has 3 aromatic rings. The van der Waals surface area contributed by atoms with Crippen LogP contribution in [0.3, 0.4) is 0 Å². The topological polar surface area (TPSA) is 73.1 Å². The molecular weight excluding hydrogens is 286 g/mol. The first-order chi connectivity index (χ1) is 9.67. The summed E-state index contributed by atoms with van der Waals surface area (Å²) < 4.78 is 31.9. The number of thiophene rings is 1. The Morgan fingerprint density at radius 1 is 1.20 bits per heavy atom. The molecule has 0 aliphatic rings. The molecule has 0 bridgehead atoms. The van der Waals surface area contributed by atoms with Crippen LogP contribution in [0.15, 0.2) is 29.6 Å². The number of benzene rings is 1. The van der Waals surface area contributed by atoms with E-state index in [-0.39, 0.29) is 17.6 Å². The van der Waals surface area contributed by atoms with Crippen LogP contribution in [0.25, 0.3) is 10.2 Å². The van der Waals surface area contributed by atoms with Crippen LogP contribution in [0, 0.1) is 11.6 Å². The Bertz CT molecular complexity index is 777. The van der Waals surface area contributed by atoms with E-state index in [0.29, 0.717) is 10.2 Å². The van der Waals surface area contributed by atoms with Gasteiger partial charge in [0.2, 0.25) is 11.8 Å². The number of aromatic nitrogens is 2. The van der Waals surface area contributed by atoms with E-state index in [1.165, 1.54) is 17.4 Å². The number of nitrogens with two attached hydrogens (primary N) is 1. The number of halogens is 2. The van der Waals surface area contributed by atoms with Crippen molar-refractivity contribution in [2.75, 3.05) is 5.43 Å². The summed E-state index contributed by atoms with van der Waals surface area (Å²) in [5.41, 5.74) is 2.31. The van der Waals surface area contributed by atoms with Crippen molar-refractivity contribution in [2.24, 2.45) is 5.84 Å². The highest BCUT2D eigenvalue weighted by molar-refractivity contribution is 7.16. The molecule has 3 N–H and O–H groups in total. The average Bonchev–Trinajstić information content (AvgIpc) is 2.90. The van der Waals surface area contributed by atoms with Crippen molar-refractivity contribution in [2.45, 2.75) is 0 Å². The number of ether oxygens (including phenoxy) is 1. The predicted octanol–water partition coefficient (Wildman–Crippen LogP) is 3.05. The van der Waals surface area contributed by atoms with Crippen molar-refractivity contribution in [1.82, 2.24) is 9.97 Å². The van der Waals surface area contributed by atoms with Gasteiger partial charge in [0.1, 0.15) is 10.6 Å². The second-order valence-electron chi connectivity index (χ2n) is 3.81. The van der Waals surface area contributed by atoms with E-state index in [1.807, 2.05) is 0 Å².